The van der Waals surface area contributed by atoms with Crippen LogP contribution in [0.1, 0.15) is 16.1 Å². The lowest BCUT2D eigenvalue weighted by atomic mass is 10.2. The van der Waals surface area contributed by atoms with Crippen LogP contribution in [0.25, 0.3) is 10.9 Å². The van der Waals surface area contributed by atoms with E-state index in [0.717, 1.165) is 22.2 Å². The second kappa shape index (κ2) is 6.52. The van der Waals surface area contributed by atoms with Crippen molar-refractivity contribution >= 4 is 22.6 Å². The summed E-state index contributed by atoms with van der Waals surface area (Å²) in [5.74, 6) is 1.07. The highest BCUT2D eigenvalue weighted by Gasteiger charge is 2.11. The van der Waals surface area contributed by atoms with E-state index in [4.69, 9.17) is 4.74 Å². The fourth-order valence-corrected chi connectivity index (χ4v) is 2.57. The molecule has 0 radical (unpaired) electrons. The Morgan fingerprint density at radius 1 is 1.08 bits per heavy atom. The average Bonchev–Trinajstić information content (AvgIpc) is 3.29. The number of aromatic amines is 2. The molecule has 0 bridgehead atoms. The molecule has 124 valence electrons. The molecule has 25 heavy (non-hydrogen) atoms. The van der Waals surface area contributed by atoms with Gasteiger partial charge in [-0.25, -0.2) is 0 Å². The molecule has 2 aromatic carbocycles. The van der Waals surface area contributed by atoms with Gasteiger partial charge in [0.25, 0.3) is 5.91 Å². The summed E-state index contributed by atoms with van der Waals surface area (Å²) in [6, 6.07) is 19.2. The van der Waals surface area contributed by atoms with Gasteiger partial charge in [-0.05, 0) is 23.8 Å². The predicted octanol–water partition coefficient (Wildman–Crippen LogP) is 3.72. The number of anilines is 1. The van der Waals surface area contributed by atoms with Crippen molar-refractivity contribution in [3.63, 3.8) is 0 Å². The zero-order valence-corrected chi connectivity index (χ0v) is 13.3. The second-order valence-electron chi connectivity index (χ2n) is 5.63. The van der Waals surface area contributed by atoms with Crippen molar-refractivity contribution in [2.45, 2.75) is 6.61 Å². The summed E-state index contributed by atoms with van der Waals surface area (Å²) < 4.78 is 5.82. The highest BCUT2D eigenvalue weighted by Crippen LogP contribution is 2.22. The smallest absolute Gasteiger partial charge is 0.273 e. The number of nitrogens with zero attached hydrogens (tertiary/aromatic N) is 1. The maximum Gasteiger partial charge on any atom is 0.273 e. The molecule has 4 rings (SSSR count). The molecule has 0 aliphatic carbocycles. The van der Waals surface area contributed by atoms with Crippen molar-refractivity contribution in [3.8, 4) is 5.75 Å². The van der Waals surface area contributed by atoms with Gasteiger partial charge in [0, 0.05) is 23.0 Å². The van der Waals surface area contributed by atoms with Gasteiger partial charge in [-0.15, -0.1) is 0 Å². The van der Waals surface area contributed by atoms with E-state index in [-0.39, 0.29) is 5.91 Å². The Kier molecular flexibility index (Phi) is 3.92. The van der Waals surface area contributed by atoms with E-state index in [1.165, 1.54) is 0 Å². The fraction of sp³-hybridized carbons (Fsp3) is 0.0526. The number of nitrogens with one attached hydrogen (secondary N) is 3. The molecule has 0 saturated carbocycles. The Balaban J connectivity index is 1.50. The quantitative estimate of drug-likeness (QED) is 0.521. The summed E-state index contributed by atoms with van der Waals surface area (Å²) >= 11 is 0. The van der Waals surface area contributed by atoms with E-state index in [1.807, 2.05) is 54.6 Å². The Hall–Kier alpha value is -3.54. The van der Waals surface area contributed by atoms with Crippen LogP contribution in [0.15, 0.2) is 66.9 Å². The van der Waals surface area contributed by atoms with Gasteiger partial charge in [0.2, 0.25) is 0 Å². The summed E-state index contributed by atoms with van der Waals surface area (Å²) in [6.45, 7) is 0.500. The first-order chi connectivity index (χ1) is 12.3. The molecule has 1 amide bonds. The molecule has 2 aromatic heterocycles. The number of carbonyl (C=O) groups excluding carboxylic acids is 1. The molecule has 2 heterocycles. The normalized spacial score (nSPS) is 10.7. The van der Waals surface area contributed by atoms with Crippen LogP contribution in [-0.4, -0.2) is 21.1 Å². The Labute approximate surface area is 143 Å². The first-order valence-corrected chi connectivity index (χ1v) is 7.88. The van der Waals surface area contributed by atoms with Gasteiger partial charge >= 0.3 is 0 Å². The summed E-state index contributed by atoms with van der Waals surface area (Å²) in [7, 11) is 0. The van der Waals surface area contributed by atoms with Crippen LogP contribution in [0, 0.1) is 0 Å². The van der Waals surface area contributed by atoms with Gasteiger partial charge in [0.15, 0.2) is 0 Å². The zero-order chi connectivity index (χ0) is 17.1. The lowest BCUT2D eigenvalue weighted by Crippen LogP contribution is -2.12. The molecular formula is C19H16N4O2. The number of aromatic nitrogens is 3. The van der Waals surface area contributed by atoms with Crippen molar-refractivity contribution in [1.29, 1.82) is 0 Å². The molecule has 6 nitrogen and oxygen atoms in total. The van der Waals surface area contributed by atoms with Crippen LogP contribution < -0.4 is 10.1 Å². The molecule has 0 fully saturated rings. The Bertz CT molecular complexity index is 991. The summed E-state index contributed by atoms with van der Waals surface area (Å²) in [5.41, 5.74) is 2.43. The minimum Gasteiger partial charge on any atom is -0.489 e. The zero-order valence-electron chi connectivity index (χ0n) is 13.3. The highest BCUT2D eigenvalue weighted by molar-refractivity contribution is 6.05. The second-order valence-corrected chi connectivity index (χ2v) is 5.63. The lowest BCUT2D eigenvalue weighted by Gasteiger charge is -2.06. The van der Waals surface area contributed by atoms with E-state index in [0.29, 0.717) is 18.1 Å². The molecule has 0 aliphatic heterocycles. The minimum absolute atomic E-state index is 0.229. The Morgan fingerprint density at radius 2 is 1.96 bits per heavy atom. The number of H-pyrrole nitrogens is 2. The van der Waals surface area contributed by atoms with Gasteiger partial charge < -0.3 is 15.0 Å². The lowest BCUT2D eigenvalue weighted by molar-refractivity contribution is 0.102. The fourth-order valence-electron chi connectivity index (χ4n) is 2.57. The van der Waals surface area contributed by atoms with Crippen LogP contribution in [0.5, 0.6) is 5.75 Å². The summed E-state index contributed by atoms with van der Waals surface area (Å²) in [4.78, 5) is 15.4. The number of hydrogen-bond acceptors (Lipinski definition) is 3. The summed E-state index contributed by atoms with van der Waals surface area (Å²) in [5, 5.41) is 10.2. The van der Waals surface area contributed by atoms with Crippen LogP contribution in [0.4, 0.5) is 5.82 Å². The molecule has 0 aliphatic rings. The summed E-state index contributed by atoms with van der Waals surface area (Å²) in [6.07, 6.45) is 1.58. The third-order valence-electron chi connectivity index (χ3n) is 3.84. The van der Waals surface area contributed by atoms with Crippen LogP contribution >= 0.6 is 0 Å². The number of hydrogen-bond donors (Lipinski definition) is 3. The average molecular weight is 332 g/mol. The van der Waals surface area contributed by atoms with E-state index in [2.05, 4.69) is 20.5 Å². The monoisotopic (exact) mass is 332 g/mol. The maximum atomic E-state index is 12.3. The van der Waals surface area contributed by atoms with Crippen molar-refractivity contribution in [2.75, 3.05) is 5.32 Å². The molecule has 0 saturated heterocycles. The van der Waals surface area contributed by atoms with Gasteiger partial charge in [-0.1, -0.05) is 30.3 Å². The number of amides is 1. The highest BCUT2D eigenvalue weighted by atomic mass is 16.5. The third-order valence-corrected chi connectivity index (χ3v) is 3.84. The number of rotatable bonds is 5. The topological polar surface area (TPSA) is 82.8 Å². The van der Waals surface area contributed by atoms with E-state index in [1.54, 1.807) is 12.3 Å². The van der Waals surface area contributed by atoms with Crippen molar-refractivity contribution in [2.24, 2.45) is 0 Å². The third kappa shape index (κ3) is 3.37. The largest absolute Gasteiger partial charge is 0.489 e. The molecule has 4 aromatic rings. The van der Waals surface area contributed by atoms with Crippen molar-refractivity contribution in [3.05, 3.63) is 78.1 Å². The van der Waals surface area contributed by atoms with Crippen LogP contribution in [-0.2, 0) is 6.61 Å². The van der Waals surface area contributed by atoms with Gasteiger partial charge in [-0.3, -0.25) is 9.89 Å². The molecule has 6 heteroatoms. The predicted molar refractivity (Wildman–Crippen MR) is 95.6 cm³/mol. The van der Waals surface area contributed by atoms with Crippen LogP contribution in [0.2, 0.25) is 0 Å². The molecule has 3 N–H and O–H groups in total. The van der Waals surface area contributed by atoms with E-state index >= 15 is 0 Å². The first kappa shape index (κ1) is 15.0. The SMILES string of the molecule is O=C(Nc1ccn[nH]1)c1cc2ccc(OCc3ccccc3)cc2[nH]1. The maximum absolute atomic E-state index is 12.3. The van der Waals surface area contributed by atoms with Crippen LogP contribution in [0.3, 0.4) is 0 Å². The van der Waals surface area contributed by atoms with Crippen molar-refractivity contribution in [1.82, 2.24) is 15.2 Å². The molecular weight excluding hydrogens is 316 g/mol. The van der Waals surface area contributed by atoms with Gasteiger partial charge in [-0.2, -0.15) is 5.10 Å². The van der Waals surface area contributed by atoms with Crippen molar-refractivity contribution < 1.29 is 9.53 Å². The number of ether oxygens (including phenoxy) is 1. The van der Waals surface area contributed by atoms with Gasteiger partial charge in [0.1, 0.15) is 23.9 Å². The number of carbonyl (C=O) groups is 1. The van der Waals surface area contributed by atoms with E-state index < -0.39 is 0 Å². The molecule has 0 spiro atoms. The number of fused-ring (bicyclic) bond motifs is 1. The molecule has 0 atom stereocenters. The standard InChI is InChI=1S/C19H16N4O2/c24-19(22-18-8-9-20-23-18)17-10-14-6-7-15(11-16(14)21-17)25-12-13-4-2-1-3-5-13/h1-11,21H,12H2,(H2,20,22,23,24). The Morgan fingerprint density at radius 3 is 2.76 bits per heavy atom. The molecule has 0 unspecified atom stereocenters. The minimum atomic E-state index is -0.229. The number of benzene rings is 2. The van der Waals surface area contributed by atoms with Gasteiger partial charge in [0.05, 0.1) is 6.20 Å². The first-order valence-electron chi connectivity index (χ1n) is 7.88. The van der Waals surface area contributed by atoms with E-state index in [9.17, 15) is 4.79 Å².